The first kappa shape index (κ1) is 20.6. The van der Waals surface area contributed by atoms with Crippen molar-refractivity contribution < 1.29 is 9.84 Å². The zero-order valence-electron chi connectivity index (χ0n) is 16.4. The minimum absolute atomic E-state index is 0.283. The lowest BCUT2D eigenvalue weighted by Crippen LogP contribution is -2.42. The van der Waals surface area contributed by atoms with Crippen LogP contribution in [0.15, 0.2) is 46.8 Å². The van der Waals surface area contributed by atoms with Crippen molar-refractivity contribution in [1.82, 2.24) is 15.5 Å². The lowest BCUT2D eigenvalue weighted by atomic mass is 10.1. The molecule has 0 radical (unpaired) electrons. The molecule has 3 rings (SSSR count). The monoisotopic (exact) mass is 402 g/mol. The highest BCUT2D eigenvalue weighted by Gasteiger charge is 2.23. The van der Waals surface area contributed by atoms with E-state index in [-0.39, 0.29) is 6.04 Å². The minimum atomic E-state index is 0.283. The molecule has 1 saturated heterocycles. The van der Waals surface area contributed by atoms with Crippen LogP contribution in [0, 0.1) is 0 Å². The molecule has 1 atom stereocenters. The number of thiophene rings is 1. The van der Waals surface area contributed by atoms with Crippen molar-refractivity contribution in [1.29, 1.82) is 0 Å². The maximum atomic E-state index is 9.60. The summed E-state index contributed by atoms with van der Waals surface area (Å²) < 4.78 is 5.52. The summed E-state index contributed by atoms with van der Waals surface area (Å²) in [7, 11) is 0. The summed E-state index contributed by atoms with van der Waals surface area (Å²) in [6.45, 7) is 7.82. The third kappa shape index (κ3) is 6.22. The fourth-order valence-electron chi connectivity index (χ4n) is 3.31. The molecule has 6 nitrogen and oxygen atoms in total. The molecule has 2 heterocycles. The minimum Gasteiger partial charge on any atom is -0.508 e. The Morgan fingerprint density at radius 1 is 1.25 bits per heavy atom. The predicted molar refractivity (Wildman–Crippen MR) is 115 cm³/mol. The van der Waals surface area contributed by atoms with Crippen LogP contribution in [0.1, 0.15) is 23.4 Å². The smallest absolute Gasteiger partial charge is 0.191 e. The molecule has 1 unspecified atom stereocenters. The highest BCUT2D eigenvalue weighted by atomic mass is 32.1. The summed E-state index contributed by atoms with van der Waals surface area (Å²) in [5, 5.41) is 18.5. The van der Waals surface area contributed by atoms with Crippen LogP contribution in [0.25, 0.3) is 0 Å². The van der Waals surface area contributed by atoms with E-state index in [4.69, 9.17) is 9.73 Å². The number of morpholine rings is 1. The van der Waals surface area contributed by atoms with Gasteiger partial charge in [-0.2, -0.15) is 0 Å². The fraction of sp³-hybridized carbons (Fsp3) is 0.476. The third-order valence-corrected chi connectivity index (χ3v) is 5.71. The van der Waals surface area contributed by atoms with Crippen molar-refractivity contribution in [3.8, 4) is 5.75 Å². The number of rotatable bonds is 8. The Hall–Kier alpha value is -2.09. The van der Waals surface area contributed by atoms with E-state index in [1.165, 1.54) is 4.88 Å². The molecule has 0 aliphatic carbocycles. The van der Waals surface area contributed by atoms with Crippen molar-refractivity contribution in [2.24, 2.45) is 4.99 Å². The van der Waals surface area contributed by atoms with Gasteiger partial charge in [-0.05, 0) is 42.5 Å². The van der Waals surface area contributed by atoms with Crippen LogP contribution in [-0.4, -0.2) is 61.9 Å². The molecule has 7 heteroatoms. The van der Waals surface area contributed by atoms with Gasteiger partial charge in [0.1, 0.15) is 5.75 Å². The van der Waals surface area contributed by atoms with Crippen molar-refractivity contribution in [2.75, 3.05) is 45.9 Å². The molecule has 152 valence electrons. The van der Waals surface area contributed by atoms with Crippen LogP contribution in [0.4, 0.5) is 0 Å². The topological polar surface area (TPSA) is 69.1 Å². The van der Waals surface area contributed by atoms with Gasteiger partial charge in [0.05, 0.1) is 25.8 Å². The quantitative estimate of drug-likeness (QED) is 0.468. The standard InChI is InChI=1S/C21H30N4O2S/c1-2-22-21(23-9-8-17-5-3-6-18(26)15-17)24-16-19(20-7-4-14-28-20)25-10-12-27-13-11-25/h3-7,14-15,19,26H,2,8-13,16H2,1H3,(H2,22,23,24). The molecule has 1 fully saturated rings. The number of nitrogens with one attached hydrogen (secondary N) is 2. The maximum absolute atomic E-state index is 9.60. The molecule has 1 aliphatic heterocycles. The van der Waals surface area contributed by atoms with Gasteiger partial charge >= 0.3 is 0 Å². The number of guanidine groups is 1. The summed E-state index contributed by atoms with van der Waals surface area (Å²) >= 11 is 1.79. The molecule has 1 aliphatic rings. The Kier molecular flexibility index (Phi) is 8.14. The number of nitrogens with zero attached hydrogens (tertiary/aromatic N) is 2. The Morgan fingerprint density at radius 3 is 2.82 bits per heavy atom. The largest absolute Gasteiger partial charge is 0.508 e. The van der Waals surface area contributed by atoms with Crippen LogP contribution >= 0.6 is 11.3 Å². The van der Waals surface area contributed by atoms with Crippen LogP contribution < -0.4 is 10.6 Å². The van der Waals surface area contributed by atoms with Crippen molar-refractivity contribution >= 4 is 17.3 Å². The maximum Gasteiger partial charge on any atom is 0.191 e. The van der Waals surface area contributed by atoms with Gasteiger partial charge in [0, 0.05) is 31.1 Å². The SMILES string of the molecule is CCNC(=NCC(c1cccs1)N1CCOCC1)NCCc1cccc(O)c1. The number of hydrogen-bond donors (Lipinski definition) is 3. The molecule has 0 spiro atoms. The second-order valence-corrected chi connectivity index (χ2v) is 7.73. The average molecular weight is 403 g/mol. The Balaban J connectivity index is 1.60. The highest BCUT2D eigenvalue weighted by Crippen LogP contribution is 2.26. The molecule has 28 heavy (non-hydrogen) atoms. The van der Waals surface area contributed by atoms with E-state index in [0.29, 0.717) is 12.3 Å². The number of phenolic OH excluding ortho intramolecular Hbond substituents is 1. The van der Waals surface area contributed by atoms with Crippen molar-refractivity contribution in [2.45, 2.75) is 19.4 Å². The number of aliphatic imine (C=N–C) groups is 1. The lowest BCUT2D eigenvalue weighted by Gasteiger charge is -2.33. The van der Waals surface area contributed by atoms with E-state index in [1.807, 2.05) is 12.1 Å². The van der Waals surface area contributed by atoms with E-state index < -0.39 is 0 Å². The summed E-state index contributed by atoms with van der Waals surface area (Å²) in [4.78, 5) is 8.68. The average Bonchev–Trinajstić information content (AvgIpc) is 3.23. The van der Waals surface area contributed by atoms with Gasteiger partial charge in [0.25, 0.3) is 0 Å². The van der Waals surface area contributed by atoms with Gasteiger partial charge in [-0.1, -0.05) is 18.2 Å². The van der Waals surface area contributed by atoms with Gasteiger partial charge in [-0.25, -0.2) is 0 Å². The van der Waals surface area contributed by atoms with Crippen LogP contribution in [0.2, 0.25) is 0 Å². The number of benzene rings is 1. The van der Waals surface area contributed by atoms with Crippen molar-refractivity contribution in [3.05, 3.63) is 52.2 Å². The van der Waals surface area contributed by atoms with Gasteiger partial charge in [0.2, 0.25) is 0 Å². The van der Waals surface area contributed by atoms with Gasteiger partial charge in [-0.3, -0.25) is 9.89 Å². The van der Waals surface area contributed by atoms with Gasteiger partial charge in [-0.15, -0.1) is 11.3 Å². The molecule has 1 aromatic carbocycles. The molecular formula is C21H30N4O2S. The zero-order valence-corrected chi connectivity index (χ0v) is 17.3. The predicted octanol–water partition coefficient (Wildman–Crippen LogP) is 2.62. The fourth-order valence-corrected chi connectivity index (χ4v) is 4.16. The molecule has 2 aromatic rings. The number of ether oxygens (including phenoxy) is 1. The Labute approximate surface area is 171 Å². The number of phenols is 1. The third-order valence-electron chi connectivity index (χ3n) is 4.74. The summed E-state index contributed by atoms with van der Waals surface area (Å²) in [6, 6.07) is 12.0. The van der Waals surface area contributed by atoms with Crippen molar-refractivity contribution in [3.63, 3.8) is 0 Å². The van der Waals surface area contributed by atoms with E-state index >= 15 is 0 Å². The first-order valence-corrected chi connectivity index (χ1v) is 10.8. The van der Waals surface area contributed by atoms with E-state index in [9.17, 15) is 5.11 Å². The van der Waals surface area contributed by atoms with Gasteiger partial charge in [0.15, 0.2) is 5.96 Å². The normalized spacial score (nSPS) is 16.7. The van der Waals surface area contributed by atoms with E-state index in [2.05, 4.69) is 40.0 Å². The van der Waals surface area contributed by atoms with E-state index in [0.717, 1.165) is 57.3 Å². The first-order valence-electron chi connectivity index (χ1n) is 9.91. The van der Waals surface area contributed by atoms with Crippen LogP contribution in [-0.2, 0) is 11.2 Å². The Bertz CT molecular complexity index is 730. The highest BCUT2D eigenvalue weighted by molar-refractivity contribution is 7.10. The van der Waals surface area contributed by atoms with Gasteiger partial charge < -0.3 is 20.5 Å². The summed E-state index contributed by atoms with van der Waals surface area (Å²) in [6.07, 6.45) is 0.830. The second kappa shape index (κ2) is 11.0. The molecule has 0 bridgehead atoms. The zero-order chi connectivity index (χ0) is 19.6. The lowest BCUT2D eigenvalue weighted by molar-refractivity contribution is 0.0186. The molecular weight excluding hydrogens is 372 g/mol. The molecule has 0 saturated carbocycles. The number of aromatic hydroxyl groups is 1. The van der Waals surface area contributed by atoms with Crippen LogP contribution in [0.5, 0.6) is 5.75 Å². The summed E-state index contributed by atoms with van der Waals surface area (Å²) in [5.41, 5.74) is 1.10. The molecule has 3 N–H and O–H groups in total. The molecule has 1 aromatic heterocycles. The number of hydrogen-bond acceptors (Lipinski definition) is 5. The van der Waals surface area contributed by atoms with Crippen LogP contribution in [0.3, 0.4) is 0 Å². The first-order chi connectivity index (χ1) is 13.8. The van der Waals surface area contributed by atoms with E-state index in [1.54, 1.807) is 23.5 Å². The summed E-state index contributed by atoms with van der Waals surface area (Å²) in [5.74, 6) is 1.14. The Morgan fingerprint density at radius 2 is 2.11 bits per heavy atom. The second-order valence-electron chi connectivity index (χ2n) is 6.75. The molecule has 0 amide bonds.